The highest BCUT2D eigenvalue weighted by molar-refractivity contribution is 8.13. The fraction of sp³-hybridized carbons (Fsp3) is 0.481. The van der Waals surface area contributed by atoms with Gasteiger partial charge in [0.05, 0.1) is 4.90 Å². The molecule has 8 heteroatoms. The van der Waals surface area contributed by atoms with Gasteiger partial charge < -0.3 is 9.69 Å². The van der Waals surface area contributed by atoms with Crippen LogP contribution >= 0.6 is 11.8 Å². The van der Waals surface area contributed by atoms with Gasteiger partial charge >= 0.3 is 0 Å². The molecule has 0 amide bonds. The minimum Gasteiger partial charge on any atom is -0.302 e. The van der Waals surface area contributed by atoms with E-state index in [1.807, 2.05) is 49.4 Å². The lowest BCUT2D eigenvalue weighted by atomic mass is 10.1. The van der Waals surface area contributed by atoms with Crippen LogP contribution in [0.3, 0.4) is 0 Å². The molecule has 0 N–H and O–H groups in total. The number of carbonyl (C=O) groups is 2. The molecule has 1 aliphatic heterocycles. The third-order valence-electron chi connectivity index (χ3n) is 5.67. The third-order valence-corrected chi connectivity index (χ3v) is 8.76. The Kier molecular flexibility index (Phi) is 12.1. The van der Waals surface area contributed by atoms with Gasteiger partial charge in [0, 0.05) is 31.8 Å². The van der Waals surface area contributed by atoms with Crippen molar-refractivity contribution in [3.8, 4) is 11.1 Å². The first-order valence-corrected chi connectivity index (χ1v) is 14.5. The van der Waals surface area contributed by atoms with Crippen molar-refractivity contribution >= 4 is 32.7 Å². The fourth-order valence-electron chi connectivity index (χ4n) is 3.91. The summed E-state index contributed by atoms with van der Waals surface area (Å²) in [5.74, 6) is 0.622. The molecule has 0 aromatic heterocycles. The molecule has 6 nitrogen and oxygen atoms in total. The van der Waals surface area contributed by atoms with Gasteiger partial charge in [-0.15, -0.1) is 0 Å². The lowest BCUT2D eigenvalue weighted by molar-refractivity contribution is -0.115. The molecule has 1 atom stereocenters. The Morgan fingerprint density at radius 2 is 1.46 bits per heavy atom. The Labute approximate surface area is 215 Å². The summed E-state index contributed by atoms with van der Waals surface area (Å²) < 4.78 is 28.7. The van der Waals surface area contributed by atoms with Crippen LogP contribution < -0.4 is 0 Å². The van der Waals surface area contributed by atoms with E-state index in [1.165, 1.54) is 51.8 Å². The van der Waals surface area contributed by atoms with Gasteiger partial charge in [0.1, 0.15) is 5.78 Å². The maximum Gasteiger partial charge on any atom is 0.243 e. The summed E-state index contributed by atoms with van der Waals surface area (Å²) in [6, 6.07) is 16.8. The van der Waals surface area contributed by atoms with Crippen molar-refractivity contribution in [2.75, 3.05) is 31.9 Å². The molecular weight excluding hydrogens is 480 g/mol. The van der Waals surface area contributed by atoms with Crippen molar-refractivity contribution in [2.24, 2.45) is 0 Å². The Hall–Kier alpha value is -2.00. The van der Waals surface area contributed by atoms with Gasteiger partial charge in [-0.2, -0.15) is 4.31 Å². The van der Waals surface area contributed by atoms with Crippen molar-refractivity contribution in [1.82, 2.24) is 9.21 Å². The van der Waals surface area contributed by atoms with Gasteiger partial charge in [-0.3, -0.25) is 4.79 Å². The zero-order valence-electron chi connectivity index (χ0n) is 21.3. The first-order valence-electron chi connectivity index (χ1n) is 12.1. The molecule has 0 saturated carbocycles. The largest absolute Gasteiger partial charge is 0.302 e. The van der Waals surface area contributed by atoms with Crippen LogP contribution in [0.15, 0.2) is 59.5 Å². The highest BCUT2D eigenvalue weighted by Gasteiger charge is 2.30. The standard InChI is InChI=1S/C24H32N2O3S2.C3H6O/c1-20(19-30-21(2)27)26(18-17-25-15-7-4-8-16-25)31(28,29)24-13-11-23(12-14-24)22-9-5-3-6-10-22;1-3(2)4/h3,5-6,9-14,20H,4,7-8,15-19H2,1-2H3;1-2H3/t20-;/m1./s1. The predicted molar refractivity (Wildman–Crippen MR) is 145 cm³/mol. The normalized spacial score (nSPS) is 15.2. The van der Waals surface area contributed by atoms with E-state index in [1.54, 1.807) is 16.4 Å². The monoisotopic (exact) mass is 518 g/mol. The van der Waals surface area contributed by atoms with Crippen LogP contribution in [-0.4, -0.2) is 66.5 Å². The number of benzene rings is 2. The SMILES string of the molecule is CC(=O)SC[C@@H](C)N(CCN1CCCCC1)S(=O)(=O)c1ccc(-c2ccccc2)cc1.CC(C)=O. The van der Waals surface area contributed by atoms with Crippen LogP contribution in [0.5, 0.6) is 0 Å². The molecule has 192 valence electrons. The second-order valence-corrected chi connectivity index (χ2v) is 12.1. The number of hydrogen-bond donors (Lipinski definition) is 0. The highest BCUT2D eigenvalue weighted by atomic mass is 32.2. The summed E-state index contributed by atoms with van der Waals surface area (Å²) in [4.78, 5) is 23.5. The lowest BCUT2D eigenvalue weighted by Gasteiger charge is -2.32. The van der Waals surface area contributed by atoms with E-state index in [9.17, 15) is 18.0 Å². The molecule has 1 aliphatic rings. The number of nitrogens with zero attached hydrogens (tertiary/aromatic N) is 2. The van der Waals surface area contributed by atoms with Crippen molar-refractivity contribution in [1.29, 1.82) is 0 Å². The summed E-state index contributed by atoms with van der Waals surface area (Å²) in [7, 11) is -3.67. The molecule has 0 bridgehead atoms. The van der Waals surface area contributed by atoms with Crippen molar-refractivity contribution in [2.45, 2.75) is 57.9 Å². The number of piperidine rings is 1. The first kappa shape index (κ1) is 29.2. The molecule has 1 saturated heterocycles. The maximum absolute atomic E-state index is 13.6. The van der Waals surface area contributed by atoms with E-state index in [0.29, 0.717) is 17.2 Å². The second kappa shape index (κ2) is 14.5. The van der Waals surface area contributed by atoms with Crippen LogP contribution in [0, 0.1) is 0 Å². The van der Waals surface area contributed by atoms with E-state index in [4.69, 9.17) is 0 Å². The molecule has 35 heavy (non-hydrogen) atoms. The summed E-state index contributed by atoms with van der Waals surface area (Å²) in [5, 5.41) is 0.00689. The number of likely N-dealkylation sites (tertiary alicyclic amines) is 1. The van der Waals surface area contributed by atoms with Crippen LogP contribution in [0.4, 0.5) is 0 Å². The van der Waals surface area contributed by atoms with E-state index < -0.39 is 10.0 Å². The number of ketones is 1. The minimum atomic E-state index is -3.67. The third kappa shape index (κ3) is 9.88. The van der Waals surface area contributed by atoms with Crippen molar-refractivity contribution in [3.63, 3.8) is 0 Å². The lowest BCUT2D eigenvalue weighted by Crippen LogP contribution is -2.45. The number of sulfonamides is 1. The molecule has 3 rings (SSSR count). The summed E-state index contributed by atoms with van der Waals surface area (Å²) in [6.07, 6.45) is 3.59. The first-order chi connectivity index (χ1) is 16.6. The Morgan fingerprint density at radius 1 is 0.914 bits per heavy atom. The molecule has 0 aliphatic carbocycles. The number of Topliss-reactive ketones (excluding diaryl/α,β-unsaturated/α-hetero) is 1. The highest BCUT2D eigenvalue weighted by Crippen LogP contribution is 2.25. The van der Waals surface area contributed by atoms with Gasteiger partial charge in [0.25, 0.3) is 0 Å². The summed E-state index contributed by atoms with van der Waals surface area (Å²) >= 11 is 1.18. The van der Waals surface area contributed by atoms with Gasteiger partial charge in [-0.25, -0.2) is 8.42 Å². The number of hydrogen-bond acceptors (Lipinski definition) is 6. The molecule has 2 aromatic carbocycles. The van der Waals surface area contributed by atoms with Crippen LogP contribution in [0.25, 0.3) is 11.1 Å². The number of rotatable bonds is 9. The van der Waals surface area contributed by atoms with Crippen molar-refractivity contribution in [3.05, 3.63) is 54.6 Å². The average molecular weight is 519 g/mol. The van der Waals surface area contributed by atoms with Crippen LogP contribution in [0.2, 0.25) is 0 Å². The topological polar surface area (TPSA) is 74.8 Å². The second-order valence-electron chi connectivity index (χ2n) is 8.97. The molecular formula is C27H38N2O4S2. The summed E-state index contributed by atoms with van der Waals surface area (Å²) in [5.41, 5.74) is 2.04. The van der Waals surface area contributed by atoms with Crippen LogP contribution in [-0.2, 0) is 19.6 Å². The number of thioether (sulfide) groups is 1. The van der Waals surface area contributed by atoms with Crippen molar-refractivity contribution < 1.29 is 18.0 Å². The average Bonchev–Trinajstić information content (AvgIpc) is 2.83. The number of carbonyl (C=O) groups excluding carboxylic acids is 2. The minimum absolute atomic E-state index is 0.00689. The Morgan fingerprint density at radius 3 is 2.00 bits per heavy atom. The summed E-state index contributed by atoms with van der Waals surface area (Å²) in [6.45, 7) is 9.67. The molecule has 1 fully saturated rings. The van der Waals surface area contributed by atoms with Gasteiger partial charge in [0.2, 0.25) is 10.0 Å². The smallest absolute Gasteiger partial charge is 0.243 e. The molecule has 2 aromatic rings. The van der Waals surface area contributed by atoms with Crippen LogP contribution in [0.1, 0.15) is 47.0 Å². The Bertz CT molecular complexity index is 1030. The van der Waals surface area contributed by atoms with E-state index >= 15 is 0 Å². The Balaban J connectivity index is 0.00000100. The van der Waals surface area contributed by atoms with E-state index in [0.717, 1.165) is 30.8 Å². The van der Waals surface area contributed by atoms with E-state index in [2.05, 4.69) is 4.90 Å². The molecule has 0 radical (unpaired) electrons. The zero-order valence-corrected chi connectivity index (χ0v) is 22.9. The van der Waals surface area contributed by atoms with E-state index in [-0.39, 0.29) is 16.9 Å². The molecule has 0 unspecified atom stereocenters. The molecule has 1 heterocycles. The van der Waals surface area contributed by atoms with Gasteiger partial charge in [0.15, 0.2) is 5.12 Å². The van der Waals surface area contributed by atoms with Gasteiger partial charge in [-0.1, -0.05) is 60.6 Å². The quantitative estimate of drug-likeness (QED) is 0.460. The predicted octanol–water partition coefficient (Wildman–Crippen LogP) is 5.09. The fourth-order valence-corrected chi connectivity index (χ4v) is 6.28. The van der Waals surface area contributed by atoms with Gasteiger partial charge in [-0.05, 0) is 70.0 Å². The maximum atomic E-state index is 13.6. The zero-order chi connectivity index (χ0) is 25.8. The molecule has 0 spiro atoms.